The summed E-state index contributed by atoms with van der Waals surface area (Å²) in [6.07, 6.45) is 4.63. The Kier molecular flexibility index (Phi) is 4.80. The average Bonchev–Trinajstić information content (AvgIpc) is 2.84. The third-order valence-corrected chi connectivity index (χ3v) is 4.19. The third kappa shape index (κ3) is 3.34. The van der Waals surface area contributed by atoms with Crippen molar-refractivity contribution in [1.82, 2.24) is 24.6 Å². The van der Waals surface area contributed by atoms with Gasteiger partial charge < -0.3 is 9.30 Å². The van der Waals surface area contributed by atoms with E-state index >= 15 is 0 Å². The lowest BCUT2D eigenvalue weighted by Crippen LogP contribution is -2.34. The molecule has 22 heavy (non-hydrogen) atoms. The Morgan fingerprint density at radius 2 is 2.05 bits per heavy atom. The van der Waals surface area contributed by atoms with Crippen LogP contribution in [0.4, 0.5) is 0 Å². The monoisotopic (exact) mass is 301 g/mol. The molecule has 0 amide bonds. The van der Waals surface area contributed by atoms with E-state index in [0.29, 0.717) is 19.3 Å². The summed E-state index contributed by atoms with van der Waals surface area (Å²) >= 11 is 0. The van der Waals surface area contributed by atoms with E-state index < -0.39 is 0 Å². The molecule has 0 saturated carbocycles. The van der Waals surface area contributed by atoms with Crippen molar-refractivity contribution in [3.05, 3.63) is 41.7 Å². The van der Waals surface area contributed by atoms with Crippen LogP contribution < -0.4 is 0 Å². The second kappa shape index (κ2) is 6.98. The van der Waals surface area contributed by atoms with Crippen LogP contribution in [0.3, 0.4) is 0 Å². The van der Waals surface area contributed by atoms with Gasteiger partial charge in [-0.05, 0) is 31.5 Å². The van der Waals surface area contributed by atoms with Crippen molar-refractivity contribution < 1.29 is 4.74 Å². The second-order valence-corrected chi connectivity index (χ2v) is 5.70. The van der Waals surface area contributed by atoms with Crippen LogP contribution in [0.15, 0.2) is 24.5 Å². The Morgan fingerprint density at radius 1 is 1.23 bits per heavy atom. The molecule has 0 radical (unpaired) electrons. The van der Waals surface area contributed by atoms with E-state index in [-0.39, 0.29) is 0 Å². The summed E-state index contributed by atoms with van der Waals surface area (Å²) < 4.78 is 7.71. The summed E-state index contributed by atoms with van der Waals surface area (Å²) in [6.45, 7) is 8.36. The first-order valence-electron chi connectivity index (χ1n) is 7.89. The summed E-state index contributed by atoms with van der Waals surface area (Å²) in [5, 5.41) is 8.64. The summed E-state index contributed by atoms with van der Waals surface area (Å²) in [5.41, 5.74) is 1.30. The minimum Gasteiger partial charge on any atom is -0.374 e. The van der Waals surface area contributed by atoms with Gasteiger partial charge in [0.2, 0.25) is 0 Å². The largest absolute Gasteiger partial charge is 0.374 e. The predicted octanol–water partition coefficient (Wildman–Crippen LogP) is 1.66. The molecular weight excluding hydrogens is 278 g/mol. The first-order chi connectivity index (χ1) is 10.8. The van der Waals surface area contributed by atoms with E-state index in [0.717, 1.165) is 37.7 Å². The van der Waals surface area contributed by atoms with E-state index in [1.165, 1.54) is 5.56 Å². The highest BCUT2D eigenvalue weighted by Gasteiger charge is 2.23. The number of rotatable bonds is 5. The van der Waals surface area contributed by atoms with Crippen LogP contribution in [0.1, 0.15) is 31.1 Å². The number of hydrogen-bond donors (Lipinski definition) is 0. The van der Waals surface area contributed by atoms with Crippen molar-refractivity contribution in [2.75, 3.05) is 13.2 Å². The topological polar surface area (TPSA) is 56.1 Å². The zero-order valence-electron chi connectivity index (χ0n) is 13.3. The molecule has 0 N–H and O–H groups in total. The van der Waals surface area contributed by atoms with Gasteiger partial charge in [-0.15, -0.1) is 10.2 Å². The van der Waals surface area contributed by atoms with Crippen LogP contribution in [-0.2, 0) is 30.9 Å². The molecule has 1 aliphatic heterocycles. The molecule has 0 saturated heterocycles. The minimum atomic E-state index is 0.443. The summed E-state index contributed by atoms with van der Waals surface area (Å²) in [5.74, 6) is 2.01. The Balaban J connectivity index is 1.71. The molecule has 1 aliphatic rings. The van der Waals surface area contributed by atoms with Crippen molar-refractivity contribution >= 4 is 0 Å². The van der Waals surface area contributed by atoms with Gasteiger partial charge in [0, 0.05) is 51.1 Å². The SMILES string of the molecule is CCOCc1nnc2n1CCN(Cc1ccncc1)[C@@H](C)C2. The Morgan fingerprint density at radius 3 is 2.82 bits per heavy atom. The van der Waals surface area contributed by atoms with Crippen molar-refractivity contribution in [2.45, 2.75) is 46.0 Å². The molecule has 3 rings (SSSR count). The summed E-state index contributed by atoms with van der Waals surface area (Å²) in [7, 11) is 0. The van der Waals surface area contributed by atoms with E-state index in [1.807, 2.05) is 19.3 Å². The summed E-state index contributed by atoms with van der Waals surface area (Å²) in [4.78, 5) is 6.58. The van der Waals surface area contributed by atoms with Gasteiger partial charge in [-0.25, -0.2) is 0 Å². The maximum Gasteiger partial charge on any atom is 0.159 e. The first-order valence-corrected chi connectivity index (χ1v) is 7.89. The number of nitrogens with zero attached hydrogens (tertiary/aromatic N) is 5. The smallest absolute Gasteiger partial charge is 0.159 e. The average molecular weight is 301 g/mol. The lowest BCUT2D eigenvalue weighted by Gasteiger charge is -2.26. The van der Waals surface area contributed by atoms with Crippen molar-refractivity contribution in [3.63, 3.8) is 0 Å². The van der Waals surface area contributed by atoms with Gasteiger partial charge in [0.15, 0.2) is 5.82 Å². The fraction of sp³-hybridized carbons (Fsp3) is 0.562. The van der Waals surface area contributed by atoms with Gasteiger partial charge in [-0.2, -0.15) is 0 Å². The van der Waals surface area contributed by atoms with Crippen LogP contribution in [0, 0.1) is 0 Å². The number of ether oxygens (including phenoxy) is 1. The van der Waals surface area contributed by atoms with Gasteiger partial charge in [0.05, 0.1) is 0 Å². The fourth-order valence-corrected chi connectivity index (χ4v) is 2.88. The first kappa shape index (κ1) is 15.1. The lowest BCUT2D eigenvalue weighted by atomic mass is 10.1. The van der Waals surface area contributed by atoms with Gasteiger partial charge in [-0.1, -0.05) is 0 Å². The zero-order valence-corrected chi connectivity index (χ0v) is 13.3. The maximum atomic E-state index is 5.49. The number of fused-ring (bicyclic) bond motifs is 1. The second-order valence-electron chi connectivity index (χ2n) is 5.70. The molecule has 0 bridgehead atoms. The lowest BCUT2D eigenvalue weighted by molar-refractivity contribution is 0.124. The normalized spacial score (nSPS) is 18.9. The molecule has 118 valence electrons. The van der Waals surface area contributed by atoms with Crippen molar-refractivity contribution in [1.29, 1.82) is 0 Å². The molecule has 6 heteroatoms. The fourth-order valence-electron chi connectivity index (χ4n) is 2.88. The third-order valence-electron chi connectivity index (χ3n) is 4.19. The maximum absolute atomic E-state index is 5.49. The van der Waals surface area contributed by atoms with Crippen molar-refractivity contribution in [3.8, 4) is 0 Å². The highest BCUT2D eigenvalue weighted by atomic mass is 16.5. The van der Waals surface area contributed by atoms with E-state index in [2.05, 4.69) is 43.7 Å². The molecule has 0 unspecified atom stereocenters. The molecule has 0 aliphatic carbocycles. The number of pyridine rings is 1. The van der Waals surface area contributed by atoms with Gasteiger partial charge in [-0.3, -0.25) is 9.88 Å². The highest BCUT2D eigenvalue weighted by molar-refractivity contribution is 5.10. The highest BCUT2D eigenvalue weighted by Crippen LogP contribution is 2.17. The molecule has 2 aromatic rings. The van der Waals surface area contributed by atoms with Crippen LogP contribution in [-0.4, -0.2) is 43.8 Å². The van der Waals surface area contributed by atoms with Crippen molar-refractivity contribution in [2.24, 2.45) is 0 Å². The molecule has 6 nitrogen and oxygen atoms in total. The van der Waals surface area contributed by atoms with Crippen LogP contribution in [0.5, 0.6) is 0 Å². The number of aromatic nitrogens is 4. The Bertz CT molecular complexity index is 598. The van der Waals surface area contributed by atoms with E-state index in [1.54, 1.807) is 0 Å². The molecule has 1 atom stereocenters. The van der Waals surface area contributed by atoms with Crippen LogP contribution in [0.25, 0.3) is 0 Å². The Hall–Kier alpha value is -1.79. The standard InChI is InChI=1S/C16H23N5O/c1-3-22-12-16-19-18-15-10-13(2)20(8-9-21(15)16)11-14-4-6-17-7-5-14/h4-7,13H,3,8-12H2,1-2H3/t13-/m0/s1. The van der Waals surface area contributed by atoms with Gasteiger partial charge in [0.25, 0.3) is 0 Å². The molecule has 0 spiro atoms. The molecule has 0 aromatic carbocycles. The Labute approximate surface area is 131 Å². The number of hydrogen-bond acceptors (Lipinski definition) is 5. The van der Waals surface area contributed by atoms with Crippen LogP contribution in [0.2, 0.25) is 0 Å². The van der Waals surface area contributed by atoms with Crippen LogP contribution >= 0.6 is 0 Å². The van der Waals surface area contributed by atoms with Gasteiger partial charge >= 0.3 is 0 Å². The quantitative estimate of drug-likeness (QED) is 0.840. The van der Waals surface area contributed by atoms with E-state index in [4.69, 9.17) is 4.74 Å². The molecular formula is C16H23N5O. The van der Waals surface area contributed by atoms with E-state index in [9.17, 15) is 0 Å². The predicted molar refractivity (Wildman–Crippen MR) is 83.2 cm³/mol. The zero-order chi connectivity index (χ0) is 15.4. The molecule has 0 fully saturated rings. The summed E-state index contributed by atoms with van der Waals surface area (Å²) in [6, 6.07) is 4.61. The minimum absolute atomic E-state index is 0.443. The van der Waals surface area contributed by atoms with Gasteiger partial charge in [0.1, 0.15) is 12.4 Å². The molecule has 2 aromatic heterocycles. The molecule has 3 heterocycles.